The minimum atomic E-state index is -0.743. The van der Waals surface area contributed by atoms with Gasteiger partial charge < -0.3 is 15.0 Å². The van der Waals surface area contributed by atoms with E-state index in [4.69, 9.17) is 4.74 Å². The Kier molecular flexibility index (Phi) is 6.80. The maximum Gasteiger partial charge on any atom is 0.411 e. The van der Waals surface area contributed by atoms with Crippen molar-refractivity contribution in [2.45, 2.75) is 24.7 Å². The molecule has 36 heavy (non-hydrogen) atoms. The molecule has 0 unspecified atom stereocenters. The number of carbonyl (C=O) groups excluding carboxylic acids is 3. The van der Waals surface area contributed by atoms with Crippen LogP contribution in [0.4, 0.5) is 4.79 Å². The van der Waals surface area contributed by atoms with Crippen LogP contribution in [0.25, 0.3) is 6.08 Å². The van der Waals surface area contributed by atoms with E-state index in [9.17, 15) is 14.4 Å². The van der Waals surface area contributed by atoms with E-state index < -0.39 is 18.2 Å². The summed E-state index contributed by atoms with van der Waals surface area (Å²) in [5, 5.41) is 2.88. The largest absolute Gasteiger partial charge is 0.447 e. The van der Waals surface area contributed by atoms with E-state index >= 15 is 0 Å². The third kappa shape index (κ3) is 4.86. The van der Waals surface area contributed by atoms with Crippen molar-refractivity contribution in [3.8, 4) is 0 Å². The number of benzene rings is 3. The molecule has 7 heteroatoms. The molecule has 3 atom stereocenters. The van der Waals surface area contributed by atoms with E-state index in [1.165, 1.54) is 9.80 Å². The Morgan fingerprint density at radius 3 is 2.25 bits per heavy atom. The SMILES string of the molecule is O=C(CN1C(=O)[C@@H](N2C(=O)OC[C@@H]2c2ccccc2)[C@H]1C=Cc1ccccc1)NCc1ccccc1. The van der Waals surface area contributed by atoms with Crippen molar-refractivity contribution in [3.05, 3.63) is 114 Å². The van der Waals surface area contributed by atoms with Gasteiger partial charge in [-0.1, -0.05) is 103 Å². The number of likely N-dealkylation sites (tertiary alicyclic amines) is 1. The number of nitrogens with one attached hydrogen (secondary N) is 1. The molecule has 0 aliphatic carbocycles. The summed E-state index contributed by atoms with van der Waals surface area (Å²) in [7, 11) is 0. The number of rotatable bonds is 8. The zero-order valence-corrected chi connectivity index (χ0v) is 19.7. The molecule has 1 N–H and O–H groups in total. The van der Waals surface area contributed by atoms with Crippen LogP contribution in [0.3, 0.4) is 0 Å². The second kappa shape index (κ2) is 10.5. The molecule has 0 radical (unpaired) electrons. The summed E-state index contributed by atoms with van der Waals surface area (Å²) in [5.74, 6) is -0.528. The highest BCUT2D eigenvalue weighted by atomic mass is 16.6. The number of ether oxygens (including phenoxy) is 1. The predicted octanol–water partition coefficient (Wildman–Crippen LogP) is 3.79. The van der Waals surface area contributed by atoms with Crippen LogP contribution in [0.5, 0.6) is 0 Å². The van der Waals surface area contributed by atoms with Crippen LogP contribution in [0, 0.1) is 0 Å². The van der Waals surface area contributed by atoms with Crippen LogP contribution in [0.15, 0.2) is 97.1 Å². The summed E-state index contributed by atoms with van der Waals surface area (Å²) in [6, 6.07) is 27.3. The topological polar surface area (TPSA) is 79.0 Å². The number of hydrogen-bond donors (Lipinski definition) is 1. The molecule has 5 rings (SSSR count). The average molecular weight is 482 g/mol. The van der Waals surface area contributed by atoms with Crippen LogP contribution in [-0.2, 0) is 20.9 Å². The fourth-order valence-electron chi connectivity index (χ4n) is 4.68. The number of carbonyl (C=O) groups is 3. The van der Waals surface area contributed by atoms with Crippen LogP contribution < -0.4 is 5.32 Å². The summed E-state index contributed by atoms with van der Waals surface area (Å²) >= 11 is 0. The lowest BCUT2D eigenvalue weighted by Crippen LogP contribution is -2.71. The van der Waals surface area contributed by atoms with Gasteiger partial charge in [-0.05, 0) is 16.7 Å². The van der Waals surface area contributed by atoms with Crippen molar-refractivity contribution in [1.82, 2.24) is 15.1 Å². The van der Waals surface area contributed by atoms with Crippen LogP contribution in [0.2, 0.25) is 0 Å². The molecule has 7 nitrogen and oxygen atoms in total. The van der Waals surface area contributed by atoms with Gasteiger partial charge in [0.1, 0.15) is 19.2 Å². The average Bonchev–Trinajstić information content (AvgIpc) is 3.30. The lowest BCUT2D eigenvalue weighted by atomic mass is 9.90. The molecule has 0 spiro atoms. The molecule has 2 aliphatic heterocycles. The molecule has 2 fully saturated rings. The predicted molar refractivity (Wildman–Crippen MR) is 135 cm³/mol. The molecular weight excluding hydrogens is 454 g/mol. The van der Waals surface area contributed by atoms with Gasteiger partial charge in [-0.15, -0.1) is 0 Å². The minimum Gasteiger partial charge on any atom is -0.447 e. The van der Waals surface area contributed by atoms with Gasteiger partial charge in [0.2, 0.25) is 11.8 Å². The van der Waals surface area contributed by atoms with E-state index in [-0.39, 0.29) is 31.0 Å². The van der Waals surface area contributed by atoms with E-state index in [2.05, 4.69) is 5.32 Å². The monoisotopic (exact) mass is 481 g/mol. The Bertz CT molecular complexity index is 1250. The van der Waals surface area contributed by atoms with Crippen molar-refractivity contribution < 1.29 is 19.1 Å². The molecule has 0 bridgehead atoms. The molecule has 2 aliphatic rings. The summed E-state index contributed by atoms with van der Waals surface area (Å²) in [5.41, 5.74) is 2.85. The first kappa shape index (κ1) is 23.4. The van der Waals surface area contributed by atoms with Gasteiger partial charge in [-0.2, -0.15) is 0 Å². The smallest absolute Gasteiger partial charge is 0.411 e. The fraction of sp³-hybridized carbons (Fsp3) is 0.207. The Morgan fingerprint density at radius 2 is 1.56 bits per heavy atom. The molecule has 3 amide bonds. The number of amides is 3. The minimum absolute atomic E-state index is 0.0924. The first-order valence-corrected chi connectivity index (χ1v) is 12.0. The van der Waals surface area contributed by atoms with E-state index in [0.717, 1.165) is 16.7 Å². The zero-order valence-electron chi connectivity index (χ0n) is 19.7. The van der Waals surface area contributed by atoms with Crippen molar-refractivity contribution in [1.29, 1.82) is 0 Å². The molecule has 182 valence electrons. The van der Waals surface area contributed by atoms with Crippen molar-refractivity contribution in [2.24, 2.45) is 0 Å². The maximum atomic E-state index is 13.4. The highest BCUT2D eigenvalue weighted by molar-refractivity contribution is 5.96. The van der Waals surface area contributed by atoms with Crippen molar-refractivity contribution in [3.63, 3.8) is 0 Å². The third-order valence-electron chi connectivity index (χ3n) is 6.55. The fourth-order valence-corrected chi connectivity index (χ4v) is 4.68. The number of nitrogens with zero attached hydrogens (tertiary/aromatic N) is 2. The van der Waals surface area contributed by atoms with Gasteiger partial charge in [-0.3, -0.25) is 14.5 Å². The van der Waals surface area contributed by atoms with E-state index in [1.807, 2.05) is 103 Å². The highest BCUT2D eigenvalue weighted by Gasteiger charge is 2.55. The summed E-state index contributed by atoms with van der Waals surface area (Å²) in [4.78, 5) is 41.9. The van der Waals surface area contributed by atoms with E-state index in [0.29, 0.717) is 6.54 Å². The van der Waals surface area contributed by atoms with Gasteiger partial charge in [0.05, 0.1) is 12.1 Å². The maximum absolute atomic E-state index is 13.4. The molecule has 3 aromatic carbocycles. The normalized spacial score (nSPS) is 21.4. The molecule has 0 saturated carbocycles. The second-order valence-electron chi connectivity index (χ2n) is 8.84. The third-order valence-corrected chi connectivity index (χ3v) is 6.55. The first-order chi connectivity index (χ1) is 17.6. The number of cyclic esters (lactones) is 1. The molecule has 0 aromatic heterocycles. The van der Waals surface area contributed by atoms with Crippen LogP contribution in [-0.4, -0.2) is 52.9 Å². The summed E-state index contributed by atoms with van der Waals surface area (Å²) in [6.07, 6.45) is 3.28. The zero-order chi connectivity index (χ0) is 24.9. The second-order valence-corrected chi connectivity index (χ2v) is 8.84. The molecule has 3 aromatic rings. The van der Waals surface area contributed by atoms with Gasteiger partial charge in [0.25, 0.3) is 0 Å². The van der Waals surface area contributed by atoms with Crippen LogP contribution in [0.1, 0.15) is 22.7 Å². The Hall–Kier alpha value is -4.39. The Labute approximate surface area is 210 Å². The molecule has 2 heterocycles. The quantitative estimate of drug-likeness (QED) is 0.497. The highest BCUT2D eigenvalue weighted by Crippen LogP contribution is 2.37. The summed E-state index contributed by atoms with van der Waals surface area (Å²) < 4.78 is 5.37. The molecule has 2 saturated heterocycles. The van der Waals surface area contributed by atoms with Gasteiger partial charge in [-0.25, -0.2) is 4.79 Å². The molecular formula is C29H27N3O4. The van der Waals surface area contributed by atoms with Crippen LogP contribution >= 0.6 is 0 Å². The van der Waals surface area contributed by atoms with Gasteiger partial charge in [0.15, 0.2) is 0 Å². The van der Waals surface area contributed by atoms with Gasteiger partial charge in [0, 0.05) is 6.54 Å². The van der Waals surface area contributed by atoms with Crippen molar-refractivity contribution >= 4 is 24.0 Å². The standard InChI is InChI=1S/C29H27N3O4/c33-26(30-18-22-12-6-2-7-13-22)19-31-24(17-16-21-10-4-1-5-11-21)27(28(31)34)32-25(20-36-29(32)35)23-14-8-3-9-15-23/h1-17,24-25,27H,18-20H2,(H,30,33)/t24-,25-,27+/m1/s1. The Balaban J connectivity index is 1.36. The number of β-lactam (4-membered cyclic amide) rings is 1. The lowest BCUT2D eigenvalue weighted by molar-refractivity contribution is -0.157. The summed E-state index contributed by atoms with van der Waals surface area (Å²) in [6.45, 7) is 0.467. The first-order valence-electron chi connectivity index (χ1n) is 12.0. The van der Waals surface area contributed by atoms with Gasteiger partial charge >= 0.3 is 6.09 Å². The number of hydrogen-bond acceptors (Lipinski definition) is 4. The van der Waals surface area contributed by atoms with Crippen molar-refractivity contribution in [2.75, 3.05) is 13.2 Å². The lowest BCUT2D eigenvalue weighted by Gasteiger charge is -2.49. The Morgan fingerprint density at radius 1 is 0.917 bits per heavy atom. The van der Waals surface area contributed by atoms with E-state index in [1.54, 1.807) is 0 Å².